The van der Waals surface area contributed by atoms with Crippen LogP contribution in [0.1, 0.15) is 76.2 Å². The molecule has 0 saturated heterocycles. The van der Waals surface area contributed by atoms with Crippen LogP contribution < -0.4 is 0 Å². The third-order valence-corrected chi connectivity index (χ3v) is 6.91. The van der Waals surface area contributed by atoms with Crippen molar-refractivity contribution in [3.05, 3.63) is 47.0 Å². The Bertz CT molecular complexity index is 532. The van der Waals surface area contributed by atoms with Gasteiger partial charge in [-0.2, -0.15) is 0 Å². The summed E-state index contributed by atoms with van der Waals surface area (Å²) in [5.41, 5.74) is 5.36. The molecule has 0 spiro atoms. The zero-order valence-corrected chi connectivity index (χ0v) is 14.6. The molecule has 124 valence electrons. The Kier molecular flexibility index (Phi) is 4.88. The van der Waals surface area contributed by atoms with Gasteiger partial charge in [-0.1, -0.05) is 73.6 Å². The number of hydrogen-bond acceptors (Lipinski definition) is 0. The van der Waals surface area contributed by atoms with Crippen LogP contribution in [0.5, 0.6) is 0 Å². The second kappa shape index (κ2) is 7.24. The average Bonchev–Trinajstić information content (AvgIpc) is 3.21. The van der Waals surface area contributed by atoms with Gasteiger partial charge in [0.1, 0.15) is 0 Å². The fourth-order valence-electron chi connectivity index (χ4n) is 5.72. The van der Waals surface area contributed by atoms with E-state index in [1.165, 1.54) is 77.0 Å². The highest BCUT2D eigenvalue weighted by Gasteiger charge is 2.33. The van der Waals surface area contributed by atoms with Gasteiger partial charge in [-0.15, -0.1) is 0 Å². The van der Waals surface area contributed by atoms with Crippen LogP contribution in [0.25, 0.3) is 0 Å². The Morgan fingerprint density at radius 1 is 0.826 bits per heavy atom. The molecule has 1 aromatic rings. The summed E-state index contributed by atoms with van der Waals surface area (Å²) in [5.74, 6) is 2.87. The van der Waals surface area contributed by atoms with Gasteiger partial charge in [-0.05, 0) is 68.3 Å². The highest BCUT2D eigenvalue weighted by atomic mass is 14.4. The maximum absolute atomic E-state index is 2.35. The summed E-state index contributed by atoms with van der Waals surface area (Å²) in [5, 5.41) is 0. The molecule has 0 bridgehead atoms. The first-order chi connectivity index (χ1) is 11.4. The molecule has 0 radical (unpaired) electrons. The summed E-state index contributed by atoms with van der Waals surface area (Å²) in [4.78, 5) is 0. The first kappa shape index (κ1) is 15.5. The van der Waals surface area contributed by atoms with Gasteiger partial charge in [-0.3, -0.25) is 0 Å². The van der Waals surface area contributed by atoms with Crippen molar-refractivity contribution in [1.29, 1.82) is 0 Å². The third kappa shape index (κ3) is 3.57. The quantitative estimate of drug-likeness (QED) is 0.530. The minimum absolute atomic E-state index is 0.926. The largest absolute Gasteiger partial charge is 0.0707 e. The van der Waals surface area contributed by atoms with E-state index in [1.807, 2.05) is 11.1 Å². The molecule has 0 aliphatic heterocycles. The van der Waals surface area contributed by atoms with E-state index >= 15 is 0 Å². The van der Waals surface area contributed by atoms with Gasteiger partial charge >= 0.3 is 0 Å². The zero-order chi connectivity index (χ0) is 15.5. The maximum atomic E-state index is 2.35. The molecule has 1 aromatic carbocycles. The van der Waals surface area contributed by atoms with Crippen LogP contribution in [0.4, 0.5) is 0 Å². The number of allylic oxidation sites excluding steroid dienone is 2. The van der Waals surface area contributed by atoms with Crippen molar-refractivity contribution in [3.63, 3.8) is 0 Å². The lowest BCUT2D eigenvalue weighted by molar-refractivity contribution is 0.215. The fourth-order valence-corrected chi connectivity index (χ4v) is 5.72. The van der Waals surface area contributed by atoms with Crippen LogP contribution in [0.2, 0.25) is 0 Å². The zero-order valence-electron chi connectivity index (χ0n) is 14.6. The summed E-state index contributed by atoms with van der Waals surface area (Å²) < 4.78 is 0. The summed E-state index contributed by atoms with van der Waals surface area (Å²) >= 11 is 0. The summed E-state index contributed by atoms with van der Waals surface area (Å²) in [6.45, 7) is 0. The Morgan fingerprint density at radius 3 is 2.48 bits per heavy atom. The molecule has 4 rings (SSSR count). The van der Waals surface area contributed by atoms with Crippen LogP contribution in [-0.4, -0.2) is 0 Å². The molecule has 23 heavy (non-hydrogen) atoms. The molecular formula is C23H32. The number of hydrogen-bond donors (Lipinski definition) is 0. The predicted octanol–water partition coefficient (Wildman–Crippen LogP) is 6.71. The minimum Gasteiger partial charge on any atom is -0.0707 e. The number of rotatable bonds is 5. The smallest absolute Gasteiger partial charge is 0.0195 e. The lowest BCUT2D eigenvalue weighted by Gasteiger charge is -2.33. The molecule has 3 aliphatic rings. The van der Waals surface area contributed by atoms with Crippen LogP contribution in [-0.2, 0) is 6.42 Å². The van der Waals surface area contributed by atoms with Gasteiger partial charge in [-0.25, -0.2) is 0 Å². The first-order valence-corrected chi connectivity index (χ1v) is 10.1. The normalized spacial score (nSPS) is 26.5. The highest BCUT2D eigenvalue weighted by Crippen LogP contribution is 2.47. The Morgan fingerprint density at radius 2 is 1.65 bits per heavy atom. The van der Waals surface area contributed by atoms with E-state index in [4.69, 9.17) is 0 Å². The molecular weight excluding hydrogens is 276 g/mol. The molecule has 2 unspecified atom stereocenters. The van der Waals surface area contributed by atoms with Crippen molar-refractivity contribution in [1.82, 2.24) is 0 Å². The van der Waals surface area contributed by atoms with Gasteiger partial charge in [0.15, 0.2) is 0 Å². The van der Waals surface area contributed by atoms with Gasteiger partial charge in [0.05, 0.1) is 0 Å². The van der Waals surface area contributed by atoms with E-state index in [0.29, 0.717) is 0 Å². The molecule has 0 aromatic heterocycles. The van der Waals surface area contributed by atoms with Crippen LogP contribution in [0.15, 0.2) is 41.5 Å². The highest BCUT2D eigenvalue weighted by molar-refractivity contribution is 5.27. The SMILES string of the molecule is c1ccc(CC(CC2CCC3=C2CCC3)C2CCCCC2)cc1. The second-order valence-electron chi connectivity index (χ2n) is 8.30. The average molecular weight is 309 g/mol. The van der Waals surface area contributed by atoms with Crippen molar-refractivity contribution >= 4 is 0 Å². The molecule has 2 atom stereocenters. The fraction of sp³-hybridized carbons (Fsp3) is 0.652. The van der Waals surface area contributed by atoms with Crippen molar-refractivity contribution in [3.8, 4) is 0 Å². The van der Waals surface area contributed by atoms with Crippen molar-refractivity contribution in [2.24, 2.45) is 17.8 Å². The van der Waals surface area contributed by atoms with Gasteiger partial charge in [0.2, 0.25) is 0 Å². The van der Waals surface area contributed by atoms with Crippen molar-refractivity contribution in [2.75, 3.05) is 0 Å². The Balaban J connectivity index is 1.48. The number of benzene rings is 1. The van der Waals surface area contributed by atoms with Crippen molar-refractivity contribution in [2.45, 2.75) is 77.0 Å². The molecule has 0 heteroatoms. The standard InChI is InChI=1S/C23H32/c1-3-8-18(9-4-1)16-22(19-10-5-2-6-11-19)17-21-15-14-20-12-7-13-23(20)21/h1,3-4,8-9,19,21-22H,2,5-7,10-17H2. The monoisotopic (exact) mass is 308 g/mol. The Hall–Kier alpha value is -1.04. The van der Waals surface area contributed by atoms with Crippen LogP contribution >= 0.6 is 0 Å². The second-order valence-corrected chi connectivity index (χ2v) is 8.30. The molecule has 1 fully saturated rings. The third-order valence-electron chi connectivity index (χ3n) is 6.91. The molecule has 0 amide bonds. The van der Waals surface area contributed by atoms with Gasteiger partial charge in [0.25, 0.3) is 0 Å². The summed E-state index contributed by atoms with van der Waals surface area (Å²) in [7, 11) is 0. The van der Waals surface area contributed by atoms with E-state index in [-0.39, 0.29) is 0 Å². The van der Waals surface area contributed by atoms with E-state index in [2.05, 4.69) is 30.3 Å². The lowest BCUT2D eigenvalue weighted by Crippen LogP contribution is -2.23. The molecule has 3 aliphatic carbocycles. The van der Waals surface area contributed by atoms with E-state index < -0.39 is 0 Å². The molecule has 0 N–H and O–H groups in total. The van der Waals surface area contributed by atoms with E-state index in [0.717, 1.165) is 17.8 Å². The molecule has 0 heterocycles. The van der Waals surface area contributed by atoms with Crippen LogP contribution in [0.3, 0.4) is 0 Å². The minimum atomic E-state index is 0.926. The topological polar surface area (TPSA) is 0 Å². The summed E-state index contributed by atoms with van der Waals surface area (Å²) in [6, 6.07) is 11.3. The van der Waals surface area contributed by atoms with Crippen molar-refractivity contribution < 1.29 is 0 Å². The van der Waals surface area contributed by atoms with Crippen LogP contribution in [0, 0.1) is 17.8 Å². The van der Waals surface area contributed by atoms with Gasteiger partial charge < -0.3 is 0 Å². The van der Waals surface area contributed by atoms with E-state index in [1.54, 1.807) is 5.56 Å². The van der Waals surface area contributed by atoms with Gasteiger partial charge in [0, 0.05) is 0 Å². The molecule has 1 saturated carbocycles. The van der Waals surface area contributed by atoms with E-state index in [9.17, 15) is 0 Å². The first-order valence-electron chi connectivity index (χ1n) is 10.1. The maximum Gasteiger partial charge on any atom is -0.0195 e. The summed E-state index contributed by atoms with van der Waals surface area (Å²) in [6.07, 6.45) is 17.5. The lowest BCUT2D eigenvalue weighted by atomic mass is 9.73. The predicted molar refractivity (Wildman–Crippen MR) is 98.4 cm³/mol. The molecule has 0 nitrogen and oxygen atoms in total. The Labute approximate surface area is 142 Å².